The van der Waals surface area contributed by atoms with Crippen molar-refractivity contribution in [3.63, 3.8) is 0 Å². The van der Waals surface area contributed by atoms with Gasteiger partial charge < -0.3 is 9.80 Å². The Hall–Kier alpha value is -1.26. The summed E-state index contributed by atoms with van der Waals surface area (Å²) in [6, 6.07) is 3.12. The maximum absolute atomic E-state index is 13.1. The first-order valence-corrected chi connectivity index (χ1v) is 10.2. The zero-order valence-corrected chi connectivity index (χ0v) is 16.9. The lowest BCUT2D eigenvalue weighted by Crippen LogP contribution is -2.41. The summed E-state index contributed by atoms with van der Waals surface area (Å²) in [5, 5.41) is 0.619. The number of amides is 2. The molecule has 0 atom stereocenters. The SMILES string of the molecule is CC1CCN(C(=O)c2cc(Cl)c(Cl)cc2C(=O)N2CCC(C)CC2)CC1. The normalized spacial score (nSPS) is 19.7. The number of benzene rings is 1. The molecule has 2 amide bonds. The van der Waals surface area contributed by atoms with Gasteiger partial charge in [0.05, 0.1) is 21.2 Å². The summed E-state index contributed by atoms with van der Waals surface area (Å²) in [6.45, 7) is 7.27. The van der Waals surface area contributed by atoms with Crippen molar-refractivity contribution < 1.29 is 9.59 Å². The van der Waals surface area contributed by atoms with Crippen LogP contribution in [0.3, 0.4) is 0 Å². The fourth-order valence-corrected chi connectivity index (χ4v) is 3.99. The Morgan fingerprint density at radius 2 is 1.08 bits per heavy atom. The van der Waals surface area contributed by atoms with Crippen LogP contribution in [0.1, 0.15) is 60.2 Å². The Bertz CT molecular complexity index is 632. The molecule has 3 rings (SSSR count). The van der Waals surface area contributed by atoms with E-state index in [1.165, 1.54) is 0 Å². The van der Waals surface area contributed by atoms with Crippen molar-refractivity contribution in [3.05, 3.63) is 33.3 Å². The number of carbonyl (C=O) groups is 2. The molecular formula is C20H26Cl2N2O2. The van der Waals surface area contributed by atoms with Gasteiger partial charge in [-0.15, -0.1) is 0 Å². The Labute approximate surface area is 165 Å². The molecule has 6 heteroatoms. The van der Waals surface area contributed by atoms with Crippen molar-refractivity contribution in [2.24, 2.45) is 11.8 Å². The molecule has 0 aliphatic carbocycles. The predicted octanol–water partition coefficient (Wildman–Crippen LogP) is 4.74. The number of hydrogen-bond acceptors (Lipinski definition) is 2. The summed E-state index contributed by atoms with van der Waals surface area (Å²) in [5.41, 5.74) is 0.746. The molecular weight excluding hydrogens is 371 g/mol. The zero-order valence-electron chi connectivity index (χ0n) is 15.4. The number of piperidine rings is 2. The maximum Gasteiger partial charge on any atom is 0.254 e. The average Bonchev–Trinajstić information content (AvgIpc) is 2.63. The van der Waals surface area contributed by atoms with E-state index in [-0.39, 0.29) is 11.8 Å². The Kier molecular flexibility index (Phi) is 6.13. The van der Waals surface area contributed by atoms with Crippen LogP contribution in [0.5, 0.6) is 0 Å². The summed E-state index contributed by atoms with van der Waals surface area (Å²) < 4.78 is 0. The maximum atomic E-state index is 13.1. The lowest BCUT2D eigenvalue weighted by atomic mass is 9.96. The van der Waals surface area contributed by atoms with Crippen LogP contribution in [-0.4, -0.2) is 47.8 Å². The summed E-state index contributed by atoms with van der Waals surface area (Å²) in [7, 11) is 0. The molecule has 2 fully saturated rings. The topological polar surface area (TPSA) is 40.6 Å². The second-order valence-electron chi connectivity index (χ2n) is 7.76. The molecule has 2 aliphatic rings. The first-order valence-electron chi connectivity index (χ1n) is 9.44. The smallest absolute Gasteiger partial charge is 0.254 e. The van der Waals surface area contributed by atoms with Gasteiger partial charge in [0.1, 0.15) is 0 Å². The quantitative estimate of drug-likeness (QED) is 0.724. The standard InChI is InChI=1S/C20H26Cl2N2O2/c1-13-3-7-23(8-4-13)19(25)15-11-17(21)18(22)12-16(15)20(26)24-9-5-14(2)6-10-24/h11-14H,3-10H2,1-2H3. The van der Waals surface area contributed by atoms with Crippen LogP contribution in [0.25, 0.3) is 0 Å². The minimum Gasteiger partial charge on any atom is -0.339 e. The minimum atomic E-state index is -0.121. The molecule has 0 N–H and O–H groups in total. The van der Waals surface area contributed by atoms with Crippen LogP contribution in [0.2, 0.25) is 10.0 Å². The summed E-state index contributed by atoms with van der Waals surface area (Å²) in [6.07, 6.45) is 3.95. The van der Waals surface area contributed by atoms with Crippen LogP contribution in [0.4, 0.5) is 0 Å². The van der Waals surface area contributed by atoms with Crippen molar-refractivity contribution in [1.82, 2.24) is 9.80 Å². The van der Waals surface area contributed by atoms with Gasteiger partial charge in [-0.25, -0.2) is 0 Å². The van der Waals surface area contributed by atoms with E-state index >= 15 is 0 Å². The van der Waals surface area contributed by atoms with E-state index in [0.717, 1.165) is 51.9 Å². The van der Waals surface area contributed by atoms with Crippen LogP contribution < -0.4 is 0 Å². The number of likely N-dealkylation sites (tertiary alicyclic amines) is 2. The minimum absolute atomic E-state index is 0.121. The van der Waals surface area contributed by atoms with Crippen molar-refractivity contribution >= 4 is 35.0 Å². The van der Waals surface area contributed by atoms with E-state index in [2.05, 4.69) is 13.8 Å². The fraction of sp³-hybridized carbons (Fsp3) is 0.600. The predicted molar refractivity (Wildman–Crippen MR) is 105 cm³/mol. The van der Waals surface area contributed by atoms with Crippen LogP contribution in [0.15, 0.2) is 12.1 Å². The van der Waals surface area contributed by atoms with Gasteiger partial charge >= 0.3 is 0 Å². The third kappa shape index (κ3) is 4.17. The monoisotopic (exact) mass is 396 g/mol. The first kappa shape index (κ1) is 19.5. The number of nitrogens with zero attached hydrogens (tertiary/aromatic N) is 2. The Balaban J connectivity index is 1.88. The van der Waals surface area contributed by atoms with Gasteiger partial charge in [-0.2, -0.15) is 0 Å². The molecule has 2 saturated heterocycles. The van der Waals surface area contributed by atoms with Gasteiger partial charge in [-0.3, -0.25) is 9.59 Å². The lowest BCUT2D eigenvalue weighted by Gasteiger charge is -2.33. The molecule has 4 nitrogen and oxygen atoms in total. The fourth-order valence-electron chi connectivity index (χ4n) is 3.66. The van der Waals surface area contributed by atoms with E-state index in [9.17, 15) is 9.59 Å². The van der Waals surface area contributed by atoms with Gasteiger partial charge in [0, 0.05) is 26.2 Å². The lowest BCUT2D eigenvalue weighted by molar-refractivity contribution is 0.0657. The van der Waals surface area contributed by atoms with E-state index < -0.39 is 0 Å². The molecule has 26 heavy (non-hydrogen) atoms. The van der Waals surface area contributed by atoms with Crippen molar-refractivity contribution in [3.8, 4) is 0 Å². The zero-order chi connectivity index (χ0) is 18.8. The molecule has 0 aromatic heterocycles. The van der Waals surface area contributed by atoms with Gasteiger partial charge in [-0.05, 0) is 49.7 Å². The number of rotatable bonds is 2. The first-order chi connectivity index (χ1) is 12.4. The van der Waals surface area contributed by atoms with Crippen molar-refractivity contribution in [2.75, 3.05) is 26.2 Å². The van der Waals surface area contributed by atoms with Gasteiger partial charge in [-0.1, -0.05) is 37.0 Å². The molecule has 1 aromatic rings. The van der Waals surface area contributed by atoms with Gasteiger partial charge in [0.25, 0.3) is 11.8 Å². The summed E-state index contributed by atoms with van der Waals surface area (Å²) in [4.78, 5) is 29.8. The second-order valence-corrected chi connectivity index (χ2v) is 8.58. The van der Waals surface area contributed by atoms with Gasteiger partial charge in [0.15, 0.2) is 0 Å². The number of carbonyl (C=O) groups excluding carboxylic acids is 2. The molecule has 0 spiro atoms. The molecule has 0 saturated carbocycles. The number of halogens is 2. The highest BCUT2D eigenvalue weighted by Crippen LogP contribution is 2.30. The highest BCUT2D eigenvalue weighted by molar-refractivity contribution is 6.42. The Morgan fingerprint density at radius 3 is 1.38 bits per heavy atom. The van der Waals surface area contributed by atoms with Crippen LogP contribution in [-0.2, 0) is 0 Å². The molecule has 2 heterocycles. The molecule has 1 aromatic carbocycles. The van der Waals surface area contributed by atoms with Crippen LogP contribution >= 0.6 is 23.2 Å². The van der Waals surface area contributed by atoms with E-state index in [0.29, 0.717) is 33.0 Å². The summed E-state index contributed by atoms with van der Waals surface area (Å²) >= 11 is 12.3. The molecule has 0 radical (unpaired) electrons. The van der Waals surface area contributed by atoms with Crippen molar-refractivity contribution in [1.29, 1.82) is 0 Å². The molecule has 0 unspecified atom stereocenters. The molecule has 2 aliphatic heterocycles. The largest absolute Gasteiger partial charge is 0.339 e. The third-order valence-corrected chi connectivity index (χ3v) is 6.39. The van der Waals surface area contributed by atoms with Crippen LogP contribution in [0, 0.1) is 11.8 Å². The number of hydrogen-bond donors (Lipinski definition) is 0. The molecule has 142 valence electrons. The second kappa shape index (κ2) is 8.18. The van der Waals surface area contributed by atoms with E-state index in [1.807, 2.05) is 9.80 Å². The van der Waals surface area contributed by atoms with E-state index in [4.69, 9.17) is 23.2 Å². The van der Waals surface area contributed by atoms with Gasteiger partial charge in [0.2, 0.25) is 0 Å². The molecule has 0 bridgehead atoms. The highest BCUT2D eigenvalue weighted by atomic mass is 35.5. The summed E-state index contributed by atoms with van der Waals surface area (Å²) in [5.74, 6) is 1.02. The third-order valence-electron chi connectivity index (χ3n) is 5.66. The average molecular weight is 397 g/mol. The Morgan fingerprint density at radius 1 is 0.769 bits per heavy atom. The van der Waals surface area contributed by atoms with Crippen molar-refractivity contribution in [2.45, 2.75) is 39.5 Å². The van der Waals surface area contributed by atoms with E-state index in [1.54, 1.807) is 12.1 Å². The highest BCUT2D eigenvalue weighted by Gasteiger charge is 2.29.